The molecule has 0 spiro atoms. The second-order valence-corrected chi connectivity index (χ2v) is 5.30. The molecule has 2 N–H and O–H groups in total. The van der Waals surface area contributed by atoms with Gasteiger partial charge in [0.25, 0.3) is 0 Å². The molecule has 0 aromatic heterocycles. The second-order valence-electron chi connectivity index (χ2n) is 5.30. The first-order valence-corrected chi connectivity index (χ1v) is 6.88. The second kappa shape index (κ2) is 6.15. The van der Waals surface area contributed by atoms with E-state index in [0.29, 0.717) is 6.42 Å². The van der Waals surface area contributed by atoms with Crippen LogP contribution in [0.25, 0.3) is 0 Å². The minimum Gasteiger partial charge on any atom is -0.324 e. The van der Waals surface area contributed by atoms with E-state index in [0.717, 1.165) is 25.7 Å². The summed E-state index contributed by atoms with van der Waals surface area (Å²) in [6, 6.07) is 6.26. The Hall–Kier alpha value is -1.42. The Morgan fingerprint density at radius 1 is 1.26 bits per heavy atom. The van der Waals surface area contributed by atoms with Crippen molar-refractivity contribution in [1.29, 1.82) is 0 Å². The summed E-state index contributed by atoms with van der Waals surface area (Å²) in [5.74, 6) is -0.514. The quantitative estimate of drug-likeness (QED) is 0.877. The fourth-order valence-electron chi connectivity index (χ4n) is 2.81. The number of benzene rings is 1. The predicted molar refractivity (Wildman–Crippen MR) is 74.5 cm³/mol. The van der Waals surface area contributed by atoms with Gasteiger partial charge in [-0.15, -0.1) is 0 Å². The van der Waals surface area contributed by atoms with E-state index in [-0.39, 0.29) is 17.1 Å². The van der Waals surface area contributed by atoms with Crippen LogP contribution in [0.15, 0.2) is 24.3 Å². The Morgan fingerprint density at radius 3 is 2.58 bits per heavy atom. The number of hydrogen-bond acceptors (Lipinski definition) is 2. The van der Waals surface area contributed by atoms with Gasteiger partial charge in [0.1, 0.15) is 5.82 Å². The van der Waals surface area contributed by atoms with Gasteiger partial charge >= 0.3 is 0 Å². The van der Waals surface area contributed by atoms with E-state index in [2.05, 4.69) is 10.6 Å². The van der Waals surface area contributed by atoms with Crippen molar-refractivity contribution in [2.75, 3.05) is 12.4 Å². The molecule has 19 heavy (non-hydrogen) atoms. The van der Waals surface area contributed by atoms with Gasteiger partial charge < -0.3 is 10.6 Å². The summed E-state index contributed by atoms with van der Waals surface area (Å²) in [5, 5.41) is 5.96. The number of hydrogen-bond donors (Lipinski definition) is 2. The first-order chi connectivity index (χ1) is 9.15. The lowest BCUT2D eigenvalue weighted by Gasteiger charge is -2.36. The average molecular weight is 264 g/mol. The summed E-state index contributed by atoms with van der Waals surface area (Å²) in [4.78, 5) is 12.1. The van der Waals surface area contributed by atoms with E-state index < -0.39 is 5.82 Å². The van der Waals surface area contributed by atoms with Crippen LogP contribution in [-0.2, 0) is 4.79 Å². The summed E-state index contributed by atoms with van der Waals surface area (Å²) in [7, 11) is 1.90. The predicted octanol–water partition coefficient (Wildman–Crippen LogP) is 3.08. The van der Waals surface area contributed by atoms with Gasteiger partial charge in [0.05, 0.1) is 5.69 Å². The summed E-state index contributed by atoms with van der Waals surface area (Å²) >= 11 is 0. The molecule has 0 unspecified atom stereocenters. The molecule has 0 heterocycles. The first kappa shape index (κ1) is 14.0. The van der Waals surface area contributed by atoms with Gasteiger partial charge in [-0.1, -0.05) is 31.4 Å². The molecule has 0 radical (unpaired) electrons. The first-order valence-electron chi connectivity index (χ1n) is 6.88. The number of amides is 1. The molecule has 1 aromatic rings. The van der Waals surface area contributed by atoms with Crippen LogP contribution in [0.2, 0.25) is 0 Å². The molecule has 0 aliphatic heterocycles. The molecule has 1 aromatic carbocycles. The summed E-state index contributed by atoms with van der Waals surface area (Å²) in [6.07, 6.45) is 5.94. The number of halogens is 1. The lowest BCUT2D eigenvalue weighted by Crippen LogP contribution is -2.47. The monoisotopic (exact) mass is 264 g/mol. The number of rotatable bonds is 4. The fourth-order valence-corrected chi connectivity index (χ4v) is 2.81. The third-order valence-electron chi connectivity index (χ3n) is 3.99. The molecule has 104 valence electrons. The zero-order valence-corrected chi connectivity index (χ0v) is 11.3. The molecule has 1 amide bonds. The maximum Gasteiger partial charge on any atom is 0.226 e. The summed E-state index contributed by atoms with van der Waals surface area (Å²) in [6.45, 7) is 0. The van der Waals surface area contributed by atoms with Gasteiger partial charge in [-0.3, -0.25) is 4.79 Å². The number of carbonyl (C=O) groups is 1. The van der Waals surface area contributed by atoms with Crippen LogP contribution >= 0.6 is 0 Å². The maximum atomic E-state index is 13.5. The minimum atomic E-state index is -0.391. The van der Waals surface area contributed by atoms with Crippen molar-refractivity contribution in [3.05, 3.63) is 30.1 Å². The van der Waals surface area contributed by atoms with Crippen LogP contribution < -0.4 is 10.6 Å². The highest BCUT2D eigenvalue weighted by Crippen LogP contribution is 2.31. The van der Waals surface area contributed by atoms with Crippen molar-refractivity contribution in [2.45, 2.75) is 44.1 Å². The molecule has 4 heteroatoms. The van der Waals surface area contributed by atoms with Crippen molar-refractivity contribution in [2.24, 2.45) is 0 Å². The number of carbonyl (C=O) groups excluding carboxylic acids is 1. The zero-order valence-electron chi connectivity index (χ0n) is 11.3. The molecule has 1 saturated carbocycles. The average Bonchev–Trinajstić information content (AvgIpc) is 2.42. The van der Waals surface area contributed by atoms with E-state index in [4.69, 9.17) is 0 Å². The van der Waals surface area contributed by atoms with Gasteiger partial charge in [-0.2, -0.15) is 0 Å². The number of nitrogens with one attached hydrogen (secondary N) is 2. The highest BCUT2D eigenvalue weighted by Gasteiger charge is 2.32. The number of anilines is 1. The molecule has 3 nitrogen and oxygen atoms in total. The van der Waals surface area contributed by atoms with E-state index in [1.807, 2.05) is 7.05 Å². The Kier molecular flexibility index (Phi) is 4.53. The maximum absolute atomic E-state index is 13.5. The molecule has 1 aliphatic carbocycles. The standard InChI is InChI=1S/C15H21FN2O/c1-17-15(9-5-2-6-10-15)11-14(19)18-13-8-4-3-7-12(13)16/h3-4,7-8,17H,2,5-6,9-11H2,1H3,(H,18,19). The van der Waals surface area contributed by atoms with E-state index >= 15 is 0 Å². The Balaban J connectivity index is 1.98. The lowest BCUT2D eigenvalue weighted by atomic mass is 9.79. The Bertz CT molecular complexity index is 442. The summed E-state index contributed by atoms with van der Waals surface area (Å²) < 4.78 is 13.5. The molecular formula is C15H21FN2O. The van der Waals surface area contributed by atoms with E-state index in [1.54, 1.807) is 18.2 Å². The molecule has 0 bridgehead atoms. The van der Waals surface area contributed by atoms with Crippen LogP contribution in [0.5, 0.6) is 0 Å². The molecule has 1 fully saturated rings. The third-order valence-corrected chi connectivity index (χ3v) is 3.99. The molecular weight excluding hydrogens is 243 g/mol. The molecule has 2 rings (SSSR count). The van der Waals surface area contributed by atoms with Gasteiger partial charge in [0.2, 0.25) is 5.91 Å². The van der Waals surface area contributed by atoms with Gasteiger partial charge in [0.15, 0.2) is 0 Å². The van der Waals surface area contributed by atoms with Crippen LogP contribution in [-0.4, -0.2) is 18.5 Å². The fraction of sp³-hybridized carbons (Fsp3) is 0.533. The van der Waals surface area contributed by atoms with Crippen molar-refractivity contribution < 1.29 is 9.18 Å². The SMILES string of the molecule is CNC1(CC(=O)Nc2ccccc2F)CCCCC1. The molecule has 1 aliphatic rings. The van der Waals surface area contributed by atoms with Crippen LogP contribution in [0.3, 0.4) is 0 Å². The summed E-state index contributed by atoms with van der Waals surface area (Å²) in [5.41, 5.74) is 0.141. The molecule has 0 saturated heterocycles. The topological polar surface area (TPSA) is 41.1 Å². The van der Waals surface area contributed by atoms with Crippen molar-refractivity contribution in [1.82, 2.24) is 5.32 Å². The van der Waals surface area contributed by atoms with Gasteiger partial charge in [-0.25, -0.2) is 4.39 Å². The van der Waals surface area contributed by atoms with Crippen molar-refractivity contribution in [3.63, 3.8) is 0 Å². The lowest BCUT2D eigenvalue weighted by molar-refractivity contribution is -0.118. The van der Waals surface area contributed by atoms with Crippen molar-refractivity contribution in [3.8, 4) is 0 Å². The third kappa shape index (κ3) is 3.53. The van der Waals surface area contributed by atoms with E-state index in [9.17, 15) is 9.18 Å². The van der Waals surface area contributed by atoms with E-state index in [1.165, 1.54) is 12.5 Å². The molecule has 0 atom stereocenters. The smallest absolute Gasteiger partial charge is 0.226 e. The highest BCUT2D eigenvalue weighted by molar-refractivity contribution is 5.91. The van der Waals surface area contributed by atoms with Crippen LogP contribution in [0.4, 0.5) is 10.1 Å². The number of para-hydroxylation sites is 1. The normalized spacial score (nSPS) is 18.0. The minimum absolute atomic E-state index is 0.117. The van der Waals surface area contributed by atoms with Gasteiger partial charge in [0, 0.05) is 12.0 Å². The van der Waals surface area contributed by atoms with Gasteiger partial charge in [-0.05, 0) is 32.0 Å². The van der Waals surface area contributed by atoms with Crippen LogP contribution in [0, 0.1) is 5.82 Å². The highest BCUT2D eigenvalue weighted by atomic mass is 19.1. The zero-order chi connectivity index (χ0) is 13.7. The Labute approximate surface area is 113 Å². The largest absolute Gasteiger partial charge is 0.324 e. The van der Waals surface area contributed by atoms with Crippen molar-refractivity contribution >= 4 is 11.6 Å². The Morgan fingerprint density at radius 2 is 1.95 bits per heavy atom. The van der Waals surface area contributed by atoms with Crippen LogP contribution in [0.1, 0.15) is 38.5 Å².